The molecule has 0 aliphatic rings. The lowest BCUT2D eigenvalue weighted by Crippen LogP contribution is -2.12. The Bertz CT molecular complexity index is 1170. The average Bonchev–Trinajstić information content (AvgIpc) is 3.26. The fourth-order valence-corrected chi connectivity index (χ4v) is 3.98. The van der Waals surface area contributed by atoms with E-state index < -0.39 is 0 Å². The largest absolute Gasteiger partial charge is 0.322 e. The molecular weight excluding hydrogens is 417 g/mol. The molecule has 142 valence electrons. The van der Waals surface area contributed by atoms with Crippen molar-refractivity contribution in [3.63, 3.8) is 0 Å². The van der Waals surface area contributed by atoms with E-state index in [-0.39, 0.29) is 5.91 Å². The molecule has 4 aromatic rings. The zero-order valence-corrected chi connectivity index (χ0v) is 17.1. The number of rotatable bonds is 5. The van der Waals surface area contributed by atoms with Crippen molar-refractivity contribution in [3.8, 4) is 10.6 Å². The molecule has 2 aromatic carbocycles. The van der Waals surface area contributed by atoms with Crippen LogP contribution in [-0.4, -0.2) is 25.7 Å². The number of aryl methyl sites for hydroxylation is 1. The Morgan fingerprint density at radius 1 is 1.18 bits per heavy atom. The summed E-state index contributed by atoms with van der Waals surface area (Å²) in [6, 6.07) is 12.3. The van der Waals surface area contributed by atoms with Gasteiger partial charge in [0.15, 0.2) is 5.82 Å². The molecule has 9 heteroatoms. The minimum atomic E-state index is -0.326. The van der Waals surface area contributed by atoms with Gasteiger partial charge in [-0.05, 0) is 36.8 Å². The van der Waals surface area contributed by atoms with Crippen LogP contribution >= 0.6 is 34.5 Å². The van der Waals surface area contributed by atoms with Crippen LogP contribution in [0.1, 0.15) is 29.5 Å². The van der Waals surface area contributed by atoms with Gasteiger partial charge >= 0.3 is 0 Å². The van der Waals surface area contributed by atoms with Gasteiger partial charge in [-0.25, -0.2) is 0 Å². The Morgan fingerprint density at radius 2 is 2.04 bits per heavy atom. The number of fused-ring (bicyclic) bond motifs is 1. The van der Waals surface area contributed by atoms with Crippen molar-refractivity contribution < 1.29 is 4.79 Å². The molecule has 4 rings (SSSR count). The fraction of sp³-hybridized carbons (Fsp3) is 0.158. The number of halogens is 2. The number of carbonyl (C=O) groups excluding carboxylic acids is 1. The number of anilines is 1. The van der Waals surface area contributed by atoms with Gasteiger partial charge < -0.3 is 5.32 Å². The molecule has 0 aliphatic heterocycles. The van der Waals surface area contributed by atoms with Gasteiger partial charge in [0.2, 0.25) is 4.96 Å². The van der Waals surface area contributed by atoms with Gasteiger partial charge in [0.05, 0.1) is 10.6 Å². The summed E-state index contributed by atoms with van der Waals surface area (Å²) < 4.78 is 1.78. The first-order valence-corrected chi connectivity index (χ1v) is 10.2. The highest BCUT2D eigenvalue weighted by Crippen LogP contribution is 2.28. The Hall–Kier alpha value is -2.48. The maximum absolute atomic E-state index is 12.6. The zero-order valence-electron chi connectivity index (χ0n) is 14.8. The fourth-order valence-electron chi connectivity index (χ4n) is 2.75. The van der Waals surface area contributed by atoms with Crippen molar-refractivity contribution in [1.82, 2.24) is 19.8 Å². The van der Waals surface area contributed by atoms with E-state index in [1.165, 1.54) is 11.3 Å². The summed E-state index contributed by atoms with van der Waals surface area (Å²) >= 11 is 13.5. The highest BCUT2D eigenvalue weighted by molar-refractivity contribution is 7.19. The third kappa shape index (κ3) is 3.73. The molecule has 1 N–H and O–H groups in total. The monoisotopic (exact) mass is 431 g/mol. The van der Waals surface area contributed by atoms with E-state index in [0.29, 0.717) is 21.3 Å². The quantitative estimate of drug-likeness (QED) is 0.461. The molecule has 0 saturated heterocycles. The second-order valence-corrected chi connectivity index (χ2v) is 7.93. The number of carbonyl (C=O) groups is 1. The molecule has 1 amide bonds. The third-order valence-electron chi connectivity index (χ3n) is 4.07. The summed E-state index contributed by atoms with van der Waals surface area (Å²) in [5.41, 5.74) is 1.84. The van der Waals surface area contributed by atoms with Crippen LogP contribution < -0.4 is 5.32 Å². The molecule has 0 aliphatic carbocycles. The van der Waals surface area contributed by atoms with Crippen molar-refractivity contribution in [2.75, 3.05) is 5.32 Å². The van der Waals surface area contributed by atoms with E-state index in [2.05, 4.69) is 27.5 Å². The van der Waals surface area contributed by atoms with Crippen LogP contribution in [-0.2, 0) is 6.42 Å². The van der Waals surface area contributed by atoms with Crippen molar-refractivity contribution >= 4 is 51.1 Å². The van der Waals surface area contributed by atoms with Gasteiger partial charge in [-0.2, -0.15) is 9.61 Å². The molecule has 0 saturated carbocycles. The summed E-state index contributed by atoms with van der Waals surface area (Å²) in [5.74, 6) is 0.521. The smallest absolute Gasteiger partial charge is 0.257 e. The van der Waals surface area contributed by atoms with E-state index in [1.54, 1.807) is 22.7 Å². The van der Waals surface area contributed by atoms with Gasteiger partial charge in [0.1, 0.15) is 5.01 Å². The third-order valence-corrected chi connectivity index (χ3v) is 5.58. The standard InChI is InChI=1S/C19H15Cl2N5OS/c1-2-4-16-23-24-19-26(16)25-18(28-19)11-5-3-6-13(9-11)22-17(27)14-10-12(20)7-8-15(14)21/h3,5-10H,2,4H2,1H3,(H,22,27). The second-order valence-electron chi connectivity index (χ2n) is 6.13. The van der Waals surface area contributed by atoms with Gasteiger partial charge in [-0.3, -0.25) is 4.79 Å². The Morgan fingerprint density at radius 3 is 2.86 bits per heavy atom. The van der Waals surface area contributed by atoms with E-state index in [0.717, 1.165) is 34.2 Å². The topological polar surface area (TPSA) is 72.2 Å². The van der Waals surface area contributed by atoms with Crippen molar-refractivity contribution in [1.29, 1.82) is 0 Å². The molecule has 28 heavy (non-hydrogen) atoms. The molecule has 2 heterocycles. The van der Waals surface area contributed by atoms with Crippen molar-refractivity contribution in [2.45, 2.75) is 19.8 Å². The molecule has 0 unspecified atom stereocenters. The maximum Gasteiger partial charge on any atom is 0.257 e. The Labute approximate surface area is 175 Å². The molecule has 0 radical (unpaired) electrons. The minimum absolute atomic E-state index is 0.322. The van der Waals surface area contributed by atoms with Crippen LogP contribution in [0.4, 0.5) is 5.69 Å². The molecule has 6 nitrogen and oxygen atoms in total. The summed E-state index contributed by atoms with van der Waals surface area (Å²) in [6.07, 6.45) is 1.79. The molecule has 2 aromatic heterocycles. The predicted molar refractivity (Wildman–Crippen MR) is 113 cm³/mol. The molecule has 0 atom stereocenters. The Balaban J connectivity index is 1.61. The summed E-state index contributed by atoms with van der Waals surface area (Å²) in [4.78, 5) is 13.3. The van der Waals surface area contributed by atoms with E-state index >= 15 is 0 Å². The van der Waals surface area contributed by atoms with Crippen molar-refractivity contribution in [3.05, 3.63) is 63.9 Å². The number of aromatic nitrogens is 4. The van der Waals surface area contributed by atoms with Gasteiger partial charge in [-0.1, -0.05) is 53.6 Å². The number of nitrogens with one attached hydrogen (secondary N) is 1. The predicted octanol–water partition coefficient (Wildman–Crippen LogP) is 5.36. The van der Waals surface area contributed by atoms with Crippen molar-refractivity contribution in [2.24, 2.45) is 0 Å². The first-order chi connectivity index (χ1) is 13.5. The maximum atomic E-state index is 12.6. The number of benzene rings is 2. The molecule has 0 fully saturated rings. The van der Waals surface area contributed by atoms with E-state index in [1.807, 2.05) is 24.3 Å². The summed E-state index contributed by atoms with van der Waals surface area (Å²) in [5, 5.41) is 17.4. The first kappa shape index (κ1) is 18.9. The Kier molecular flexibility index (Phi) is 5.30. The molecule has 0 spiro atoms. The average molecular weight is 432 g/mol. The van der Waals surface area contributed by atoms with Gasteiger partial charge in [0, 0.05) is 22.7 Å². The summed E-state index contributed by atoms with van der Waals surface area (Å²) in [7, 11) is 0. The minimum Gasteiger partial charge on any atom is -0.322 e. The number of amides is 1. The second kappa shape index (κ2) is 7.87. The highest BCUT2D eigenvalue weighted by atomic mass is 35.5. The van der Waals surface area contributed by atoms with Crippen LogP contribution in [0.2, 0.25) is 10.0 Å². The van der Waals surface area contributed by atoms with Gasteiger partial charge in [0.25, 0.3) is 5.91 Å². The lowest BCUT2D eigenvalue weighted by molar-refractivity contribution is 0.102. The normalized spacial score (nSPS) is 11.1. The van der Waals surface area contributed by atoms with E-state index in [9.17, 15) is 4.79 Å². The van der Waals surface area contributed by atoms with Crippen LogP contribution in [0.25, 0.3) is 15.5 Å². The summed E-state index contributed by atoms with van der Waals surface area (Å²) in [6.45, 7) is 2.09. The highest BCUT2D eigenvalue weighted by Gasteiger charge is 2.14. The zero-order chi connectivity index (χ0) is 19.7. The lowest BCUT2D eigenvalue weighted by atomic mass is 10.2. The molecule has 0 bridgehead atoms. The van der Waals surface area contributed by atoms with Crippen LogP contribution in [0.5, 0.6) is 0 Å². The first-order valence-electron chi connectivity index (χ1n) is 8.63. The van der Waals surface area contributed by atoms with Crippen LogP contribution in [0.15, 0.2) is 42.5 Å². The number of nitrogens with zero attached hydrogens (tertiary/aromatic N) is 4. The van der Waals surface area contributed by atoms with Crippen LogP contribution in [0, 0.1) is 0 Å². The molecular formula is C19H15Cl2N5OS. The number of hydrogen-bond donors (Lipinski definition) is 1. The number of hydrogen-bond acceptors (Lipinski definition) is 5. The van der Waals surface area contributed by atoms with E-state index in [4.69, 9.17) is 23.2 Å². The van der Waals surface area contributed by atoms with Crippen LogP contribution in [0.3, 0.4) is 0 Å². The lowest BCUT2D eigenvalue weighted by Gasteiger charge is -2.08. The van der Waals surface area contributed by atoms with Gasteiger partial charge in [-0.15, -0.1) is 10.2 Å². The SMILES string of the molecule is CCCc1nnc2sc(-c3cccc(NC(=O)c4cc(Cl)ccc4Cl)c3)nn12.